The first-order valence-corrected chi connectivity index (χ1v) is 4.71. The van der Waals surface area contributed by atoms with Crippen molar-refractivity contribution in [2.75, 3.05) is 0 Å². The second-order valence-electron chi connectivity index (χ2n) is 3.00. The van der Waals surface area contributed by atoms with Gasteiger partial charge in [-0.1, -0.05) is 0 Å². The zero-order valence-corrected chi connectivity index (χ0v) is 8.31. The molecule has 0 aliphatic carbocycles. The van der Waals surface area contributed by atoms with Crippen molar-refractivity contribution < 1.29 is 0 Å². The van der Waals surface area contributed by atoms with Crippen LogP contribution in [0.4, 0.5) is 0 Å². The topological polar surface area (TPSA) is 59.4 Å². The molecule has 0 spiro atoms. The van der Waals surface area contributed by atoms with E-state index in [1.807, 2.05) is 12.3 Å². The van der Waals surface area contributed by atoms with Crippen LogP contribution in [0, 0.1) is 0 Å². The number of nitrogens with one attached hydrogen (secondary N) is 1. The van der Waals surface area contributed by atoms with E-state index in [0.717, 1.165) is 16.9 Å². The Kier molecular flexibility index (Phi) is 1.72. The van der Waals surface area contributed by atoms with Crippen LogP contribution in [0.1, 0.15) is 0 Å². The van der Waals surface area contributed by atoms with Gasteiger partial charge in [-0.05, 0) is 17.7 Å². The molecule has 0 aliphatic heterocycles. The number of H-pyrrole nitrogens is 1. The van der Waals surface area contributed by atoms with Crippen molar-refractivity contribution in [1.29, 1.82) is 0 Å². The second-order valence-corrected chi connectivity index (χ2v) is 3.34. The van der Waals surface area contributed by atoms with Gasteiger partial charge in [-0.2, -0.15) is 0 Å². The minimum atomic E-state index is 0.385. The number of imidazole rings is 1. The smallest absolute Gasteiger partial charge is 0.208 e. The Morgan fingerprint density at radius 2 is 2.20 bits per heavy atom. The molecule has 0 saturated heterocycles. The quantitative estimate of drug-likeness (QED) is 0.679. The molecule has 0 bridgehead atoms. The van der Waals surface area contributed by atoms with Gasteiger partial charge in [0.15, 0.2) is 5.82 Å². The molecule has 0 aromatic carbocycles. The highest BCUT2D eigenvalue weighted by molar-refractivity contribution is 6.28. The molecule has 6 heteroatoms. The van der Waals surface area contributed by atoms with Crippen LogP contribution in [0.5, 0.6) is 0 Å². The number of hydrogen-bond acceptors (Lipinski definition) is 3. The molecular weight excluding hydrogens is 214 g/mol. The summed E-state index contributed by atoms with van der Waals surface area (Å²) in [7, 11) is 0. The third-order valence-corrected chi connectivity index (χ3v) is 2.44. The van der Waals surface area contributed by atoms with Gasteiger partial charge in [0.05, 0.1) is 5.39 Å². The molecule has 0 aliphatic rings. The maximum atomic E-state index is 5.92. The maximum absolute atomic E-state index is 5.92. The Morgan fingerprint density at radius 1 is 1.27 bits per heavy atom. The number of fused-ring (bicyclic) bond motifs is 1. The van der Waals surface area contributed by atoms with Gasteiger partial charge in [0, 0.05) is 18.6 Å². The van der Waals surface area contributed by atoms with E-state index in [1.54, 1.807) is 17.0 Å². The molecule has 0 unspecified atom stereocenters. The number of rotatable bonds is 1. The van der Waals surface area contributed by atoms with Crippen molar-refractivity contribution in [2.45, 2.75) is 0 Å². The first-order valence-electron chi connectivity index (χ1n) is 4.33. The van der Waals surface area contributed by atoms with Crippen LogP contribution in [0.2, 0.25) is 5.28 Å². The van der Waals surface area contributed by atoms with Gasteiger partial charge in [-0.25, -0.2) is 15.0 Å². The molecule has 0 amide bonds. The highest BCUT2D eigenvalue weighted by Gasteiger charge is 2.08. The fraction of sp³-hybridized carbons (Fsp3) is 0. The first kappa shape index (κ1) is 8.43. The van der Waals surface area contributed by atoms with Gasteiger partial charge in [0.1, 0.15) is 12.0 Å². The average Bonchev–Trinajstić information content (AvgIpc) is 2.85. The third-order valence-electron chi connectivity index (χ3n) is 2.16. The van der Waals surface area contributed by atoms with Crippen LogP contribution in [-0.2, 0) is 0 Å². The van der Waals surface area contributed by atoms with Crippen molar-refractivity contribution in [3.8, 4) is 5.82 Å². The number of nitrogens with zero attached hydrogens (tertiary/aromatic N) is 4. The summed E-state index contributed by atoms with van der Waals surface area (Å²) in [6.45, 7) is 0. The van der Waals surface area contributed by atoms with Gasteiger partial charge in [-0.3, -0.25) is 4.57 Å². The molecule has 0 atom stereocenters. The van der Waals surface area contributed by atoms with Gasteiger partial charge in [0.2, 0.25) is 5.28 Å². The second kappa shape index (κ2) is 3.06. The summed E-state index contributed by atoms with van der Waals surface area (Å²) < 4.78 is 1.71. The molecular formula is C9H6ClN5. The normalized spacial score (nSPS) is 11.0. The minimum absolute atomic E-state index is 0.385. The van der Waals surface area contributed by atoms with Crippen molar-refractivity contribution in [3.63, 3.8) is 0 Å². The molecule has 74 valence electrons. The number of hydrogen-bond donors (Lipinski definition) is 1. The zero-order valence-electron chi connectivity index (χ0n) is 7.55. The van der Waals surface area contributed by atoms with Crippen LogP contribution in [0.15, 0.2) is 31.0 Å². The summed E-state index contributed by atoms with van der Waals surface area (Å²) in [6.07, 6.45) is 6.69. The molecule has 3 aromatic heterocycles. The largest absolute Gasteiger partial charge is 0.346 e. The molecule has 15 heavy (non-hydrogen) atoms. The monoisotopic (exact) mass is 219 g/mol. The molecule has 3 aromatic rings. The van der Waals surface area contributed by atoms with E-state index in [1.165, 1.54) is 6.33 Å². The highest BCUT2D eigenvalue weighted by Crippen LogP contribution is 2.19. The van der Waals surface area contributed by atoms with Crippen LogP contribution in [-0.4, -0.2) is 24.5 Å². The lowest BCUT2D eigenvalue weighted by Gasteiger charge is -2.02. The summed E-state index contributed by atoms with van der Waals surface area (Å²) in [6, 6.07) is 1.90. The van der Waals surface area contributed by atoms with E-state index >= 15 is 0 Å². The standard InChI is InChI=1S/C9H6ClN5/c10-9-12-3-4-15(9)8-6-1-2-11-7(6)13-5-14-8/h1-5H,(H,11,13,14). The van der Waals surface area contributed by atoms with Crippen LogP contribution in [0.3, 0.4) is 0 Å². The van der Waals surface area contributed by atoms with Crippen molar-refractivity contribution in [3.05, 3.63) is 36.3 Å². The first-order chi connectivity index (χ1) is 7.36. The third kappa shape index (κ3) is 1.20. The highest BCUT2D eigenvalue weighted by atomic mass is 35.5. The fourth-order valence-electron chi connectivity index (χ4n) is 1.49. The Balaban J connectivity index is 2.36. The van der Waals surface area contributed by atoms with Gasteiger partial charge < -0.3 is 4.98 Å². The molecule has 3 rings (SSSR count). The Morgan fingerprint density at radius 3 is 3.00 bits per heavy atom. The Bertz CT molecular complexity index is 612. The zero-order chi connectivity index (χ0) is 10.3. The van der Waals surface area contributed by atoms with Crippen molar-refractivity contribution in [2.24, 2.45) is 0 Å². The lowest BCUT2D eigenvalue weighted by molar-refractivity contribution is 0.993. The number of aromatic nitrogens is 5. The van der Waals surface area contributed by atoms with E-state index < -0.39 is 0 Å². The molecule has 0 saturated carbocycles. The van der Waals surface area contributed by atoms with E-state index in [2.05, 4.69) is 19.9 Å². The van der Waals surface area contributed by atoms with Crippen molar-refractivity contribution >= 4 is 22.6 Å². The minimum Gasteiger partial charge on any atom is -0.346 e. The van der Waals surface area contributed by atoms with Crippen LogP contribution >= 0.6 is 11.6 Å². The maximum Gasteiger partial charge on any atom is 0.208 e. The Labute approximate surface area is 89.8 Å². The Hall–Kier alpha value is -1.88. The van der Waals surface area contributed by atoms with Gasteiger partial charge in [-0.15, -0.1) is 0 Å². The molecule has 0 fully saturated rings. The SMILES string of the molecule is Clc1nccn1-c1ncnc2[nH]ccc12. The molecule has 1 N–H and O–H groups in total. The average molecular weight is 220 g/mol. The lowest BCUT2D eigenvalue weighted by atomic mass is 10.4. The summed E-state index contributed by atoms with van der Waals surface area (Å²) in [5.41, 5.74) is 0.782. The van der Waals surface area contributed by atoms with Gasteiger partial charge in [0.25, 0.3) is 0 Å². The predicted octanol–water partition coefficient (Wildman–Crippen LogP) is 1.80. The van der Waals surface area contributed by atoms with E-state index in [9.17, 15) is 0 Å². The van der Waals surface area contributed by atoms with Crippen LogP contribution in [0.25, 0.3) is 16.9 Å². The molecule has 0 radical (unpaired) electrons. The summed E-state index contributed by atoms with van der Waals surface area (Å²) in [4.78, 5) is 15.2. The van der Waals surface area contributed by atoms with Crippen molar-refractivity contribution in [1.82, 2.24) is 24.5 Å². The van der Waals surface area contributed by atoms with E-state index in [-0.39, 0.29) is 0 Å². The predicted molar refractivity (Wildman–Crippen MR) is 56.0 cm³/mol. The number of halogens is 1. The summed E-state index contributed by atoms with van der Waals surface area (Å²) in [5, 5.41) is 1.30. The lowest BCUT2D eigenvalue weighted by Crippen LogP contribution is -1.97. The van der Waals surface area contributed by atoms with Gasteiger partial charge >= 0.3 is 0 Å². The van der Waals surface area contributed by atoms with Crippen LogP contribution < -0.4 is 0 Å². The molecule has 5 nitrogen and oxygen atoms in total. The number of aromatic amines is 1. The van der Waals surface area contributed by atoms with E-state index in [0.29, 0.717) is 5.28 Å². The fourth-order valence-corrected chi connectivity index (χ4v) is 1.69. The van der Waals surface area contributed by atoms with E-state index in [4.69, 9.17) is 11.6 Å². The summed E-state index contributed by atoms with van der Waals surface area (Å²) >= 11 is 5.92. The molecule has 3 heterocycles. The summed E-state index contributed by atoms with van der Waals surface area (Å²) in [5.74, 6) is 0.726.